The third-order valence-electron chi connectivity index (χ3n) is 5.02. The maximum absolute atomic E-state index is 5.48. The number of ether oxygens (including phenoxy) is 1. The fourth-order valence-electron chi connectivity index (χ4n) is 3.30. The summed E-state index contributed by atoms with van der Waals surface area (Å²) in [5.41, 5.74) is 3.73. The van der Waals surface area contributed by atoms with Crippen LogP contribution in [0.15, 0.2) is 78.4 Å². The van der Waals surface area contributed by atoms with Gasteiger partial charge in [0.1, 0.15) is 5.75 Å². The molecule has 3 aromatic rings. The number of hydrogen-bond donors (Lipinski definition) is 3. The Bertz CT molecular complexity index is 1150. The number of allylic oxidation sites excluding steroid dienone is 2. The van der Waals surface area contributed by atoms with Gasteiger partial charge in [-0.2, -0.15) is 0 Å². The second-order valence-electron chi connectivity index (χ2n) is 7.70. The summed E-state index contributed by atoms with van der Waals surface area (Å²) < 4.78 is 8.90. The van der Waals surface area contributed by atoms with E-state index in [2.05, 4.69) is 67.0 Å². The molecule has 3 N–H and O–H groups in total. The number of fused-ring (bicyclic) bond motifs is 1. The summed E-state index contributed by atoms with van der Waals surface area (Å²) in [4.78, 5) is 10.8. The molecule has 0 aliphatic heterocycles. The molecule has 0 radical (unpaired) electrons. The number of aryl methyl sites for hydroxylation is 1. The third-order valence-corrected chi connectivity index (χ3v) is 5.83. The number of hydrogen-bond acceptors (Lipinski definition) is 7. The highest BCUT2D eigenvalue weighted by Gasteiger charge is 2.12. The second-order valence-corrected chi connectivity index (χ2v) is 8.58. The lowest BCUT2D eigenvalue weighted by Crippen LogP contribution is -2.17. The van der Waals surface area contributed by atoms with Crippen LogP contribution in [0, 0.1) is 0 Å². The molecule has 0 aliphatic rings. The van der Waals surface area contributed by atoms with Crippen LogP contribution in [0.2, 0.25) is 0 Å². The van der Waals surface area contributed by atoms with E-state index in [1.165, 1.54) is 17.5 Å². The molecule has 2 aromatic carbocycles. The van der Waals surface area contributed by atoms with Crippen molar-refractivity contribution < 1.29 is 4.74 Å². The molecule has 178 valence electrons. The molecule has 1 unspecified atom stereocenters. The van der Waals surface area contributed by atoms with Crippen molar-refractivity contribution >= 4 is 40.3 Å². The fourth-order valence-corrected chi connectivity index (χ4v) is 4.09. The van der Waals surface area contributed by atoms with Gasteiger partial charge >= 0.3 is 0 Å². The predicted molar refractivity (Wildman–Crippen MR) is 147 cm³/mol. The Kier molecular flexibility index (Phi) is 9.40. The van der Waals surface area contributed by atoms with Gasteiger partial charge < -0.3 is 20.1 Å². The van der Waals surface area contributed by atoms with Gasteiger partial charge in [0.05, 0.1) is 18.1 Å². The van der Waals surface area contributed by atoms with E-state index >= 15 is 0 Å². The SMILES string of the molecule is C=CNC(C)/C=C(\C=C/CC)SNc1nc2ccccc2nc1Nc1cc(CC)cc(OC)c1. The minimum Gasteiger partial charge on any atom is -0.497 e. The molecule has 7 heteroatoms. The number of nitrogens with zero attached hydrogens (tertiary/aromatic N) is 2. The molecule has 0 spiro atoms. The van der Waals surface area contributed by atoms with Gasteiger partial charge in [-0.15, -0.1) is 0 Å². The van der Waals surface area contributed by atoms with Crippen molar-refractivity contribution in [3.8, 4) is 5.75 Å². The van der Waals surface area contributed by atoms with Gasteiger partial charge in [0.25, 0.3) is 0 Å². The number of anilines is 3. The van der Waals surface area contributed by atoms with Gasteiger partial charge in [0.2, 0.25) is 0 Å². The summed E-state index contributed by atoms with van der Waals surface area (Å²) >= 11 is 1.50. The van der Waals surface area contributed by atoms with Crippen LogP contribution in [0.4, 0.5) is 17.3 Å². The number of methoxy groups -OCH3 is 1. The Balaban J connectivity index is 1.95. The summed E-state index contributed by atoms with van der Waals surface area (Å²) in [7, 11) is 1.68. The highest BCUT2D eigenvalue weighted by atomic mass is 32.2. The Hall–Kier alpha value is -3.45. The zero-order valence-corrected chi connectivity index (χ0v) is 21.1. The van der Waals surface area contributed by atoms with Crippen molar-refractivity contribution in [2.75, 3.05) is 17.1 Å². The first-order chi connectivity index (χ1) is 16.6. The quantitative estimate of drug-likeness (QED) is 0.193. The number of rotatable bonds is 12. The molecule has 0 bridgehead atoms. The highest BCUT2D eigenvalue weighted by molar-refractivity contribution is 8.04. The average Bonchev–Trinajstić information content (AvgIpc) is 2.85. The van der Waals surface area contributed by atoms with Crippen molar-refractivity contribution in [2.24, 2.45) is 0 Å². The van der Waals surface area contributed by atoms with Gasteiger partial charge in [-0.3, -0.25) is 0 Å². The molecular formula is C27H33N5OS. The molecule has 3 rings (SSSR count). The smallest absolute Gasteiger partial charge is 0.180 e. The van der Waals surface area contributed by atoms with E-state index in [9.17, 15) is 0 Å². The predicted octanol–water partition coefficient (Wildman–Crippen LogP) is 6.98. The molecule has 1 heterocycles. The van der Waals surface area contributed by atoms with Crippen LogP contribution in [0.25, 0.3) is 11.0 Å². The summed E-state index contributed by atoms with van der Waals surface area (Å²) in [5, 5.41) is 6.65. The van der Waals surface area contributed by atoms with Crippen molar-refractivity contribution in [3.63, 3.8) is 0 Å². The van der Waals surface area contributed by atoms with Crippen LogP contribution in [0.1, 0.15) is 32.8 Å². The zero-order valence-electron chi connectivity index (χ0n) is 20.3. The number of benzene rings is 2. The lowest BCUT2D eigenvalue weighted by atomic mass is 10.1. The maximum Gasteiger partial charge on any atom is 0.180 e. The molecule has 0 fully saturated rings. The summed E-state index contributed by atoms with van der Waals surface area (Å²) in [6.07, 6.45) is 9.95. The molecule has 34 heavy (non-hydrogen) atoms. The highest BCUT2D eigenvalue weighted by Crippen LogP contribution is 2.31. The topological polar surface area (TPSA) is 71.1 Å². The Labute approximate surface area is 206 Å². The average molecular weight is 476 g/mol. The molecule has 0 saturated carbocycles. The molecule has 0 aliphatic carbocycles. The van der Waals surface area contributed by atoms with Crippen molar-refractivity contribution in [1.29, 1.82) is 0 Å². The monoisotopic (exact) mass is 475 g/mol. The van der Waals surface area contributed by atoms with Gasteiger partial charge in [-0.05, 0) is 73.8 Å². The molecular weight excluding hydrogens is 442 g/mol. The Morgan fingerprint density at radius 2 is 1.85 bits per heavy atom. The van der Waals surface area contributed by atoms with E-state index in [-0.39, 0.29) is 6.04 Å². The van der Waals surface area contributed by atoms with Crippen LogP contribution in [0.5, 0.6) is 5.75 Å². The number of aromatic nitrogens is 2. The van der Waals surface area contributed by atoms with Crippen molar-refractivity contribution in [3.05, 3.63) is 83.9 Å². The number of nitrogens with one attached hydrogen (secondary N) is 3. The standard InChI is InChI=1S/C27H33N5OS/c1-6-9-12-23(15-19(4)28-8-3)34-32-27-26(30-24-13-10-11-14-25(24)31-27)29-21-16-20(7-2)17-22(18-21)33-5/h8-19,28H,3,6-7H2,1-2,4-5H3,(H,29,30)(H,31,32)/b12-9-,23-15+. The minimum atomic E-state index is 0.146. The van der Waals surface area contributed by atoms with Crippen LogP contribution >= 0.6 is 11.9 Å². The third kappa shape index (κ3) is 7.02. The Morgan fingerprint density at radius 1 is 1.12 bits per heavy atom. The van der Waals surface area contributed by atoms with Crippen molar-refractivity contribution in [1.82, 2.24) is 15.3 Å². The lowest BCUT2D eigenvalue weighted by molar-refractivity contribution is 0.414. The van der Waals surface area contributed by atoms with Crippen LogP contribution < -0.4 is 20.1 Å². The summed E-state index contributed by atoms with van der Waals surface area (Å²) in [6, 6.07) is 14.1. The van der Waals surface area contributed by atoms with E-state index in [1.807, 2.05) is 36.4 Å². The molecule has 6 nitrogen and oxygen atoms in total. The van der Waals surface area contributed by atoms with E-state index in [4.69, 9.17) is 14.7 Å². The molecule has 0 amide bonds. The van der Waals surface area contributed by atoms with Crippen molar-refractivity contribution in [2.45, 2.75) is 39.7 Å². The fraction of sp³-hybridized carbons (Fsp3) is 0.259. The first-order valence-electron chi connectivity index (χ1n) is 11.5. The van der Waals surface area contributed by atoms with Gasteiger partial charge in [0, 0.05) is 22.7 Å². The first-order valence-corrected chi connectivity index (χ1v) is 12.3. The summed E-state index contributed by atoms with van der Waals surface area (Å²) in [5.74, 6) is 2.11. The lowest BCUT2D eigenvalue weighted by Gasteiger charge is -2.15. The normalized spacial score (nSPS) is 12.5. The number of para-hydroxylation sites is 2. The van der Waals surface area contributed by atoms with Gasteiger partial charge in [-0.25, -0.2) is 9.97 Å². The van der Waals surface area contributed by atoms with Gasteiger partial charge in [0.15, 0.2) is 11.6 Å². The largest absolute Gasteiger partial charge is 0.497 e. The van der Waals surface area contributed by atoms with E-state index in [0.29, 0.717) is 11.6 Å². The van der Waals surface area contributed by atoms with Crippen LogP contribution in [0.3, 0.4) is 0 Å². The van der Waals surface area contributed by atoms with Crippen LogP contribution in [-0.4, -0.2) is 23.1 Å². The Morgan fingerprint density at radius 3 is 2.50 bits per heavy atom. The molecule has 0 saturated heterocycles. The van der Waals surface area contributed by atoms with E-state index in [1.54, 1.807) is 13.3 Å². The van der Waals surface area contributed by atoms with E-state index in [0.717, 1.165) is 40.2 Å². The zero-order chi connectivity index (χ0) is 24.3. The second kappa shape index (κ2) is 12.7. The van der Waals surface area contributed by atoms with E-state index < -0.39 is 0 Å². The maximum atomic E-state index is 5.48. The first kappa shape index (κ1) is 25.2. The minimum absolute atomic E-state index is 0.146. The molecule has 1 atom stereocenters. The van der Waals surface area contributed by atoms with Gasteiger partial charge in [-0.1, -0.05) is 44.7 Å². The van der Waals surface area contributed by atoms with Crippen LogP contribution in [-0.2, 0) is 6.42 Å². The molecule has 1 aromatic heterocycles. The summed E-state index contributed by atoms with van der Waals surface area (Å²) in [6.45, 7) is 10.1.